The van der Waals surface area contributed by atoms with Crippen LogP contribution in [0.2, 0.25) is 0 Å². The lowest BCUT2D eigenvalue weighted by molar-refractivity contribution is 0.122. The van der Waals surface area contributed by atoms with Crippen molar-refractivity contribution in [1.29, 1.82) is 0 Å². The van der Waals surface area contributed by atoms with E-state index in [4.69, 9.17) is 19.7 Å². The first-order valence-corrected chi connectivity index (χ1v) is 10.5. The van der Waals surface area contributed by atoms with Gasteiger partial charge in [-0.15, -0.1) is 0 Å². The van der Waals surface area contributed by atoms with E-state index in [1.807, 2.05) is 18.2 Å². The molecule has 0 aromatic carbocycles. The molecule has 1 N–H and O–H groups in total. The minimum Gasteiger partial charge on any atom is -0.378 e. The monoisotopic (exact) mass is 388 g/mol. The molecule has 4 rings (SSSR count). The number of thioether (sulfide) groups is 1. The molecule has 0 amide bonds. The normalized spacial score (nSPS) is 14.7. The molecule has 9 heteroatoms. The lowest BCUT2D eigenvalue weighted by Crippen LogP contribution is -2.37. The summed E-state index contributed by atoms with van der Waals surface area (Å²) < 4.78 is 5.48. The van der Waals surface area contributed by atoms with Gasteiger partial charge in [0.2, 0.25) is 0 Å². The Hall–Kier alpha value is -1.97. The topological polar surface area (TPSA) is 76.1 Å². The van der Waals surface area contributed by atoms with Gasteiger partial charge in [-0.1, -0.05) is 36.1 Å². The van der Waals surface area contributed by atoms with Gasteiger partial charge in [0.15, 0.2) is 20.9 Å². The Labute approximate surface area is 160 Å². The van der Waals surface area contributed by atoms with E-state index in [2.05, 4.69) is 22.1 Å². The molecule has 0 radical (unpaired) electrons. The van der Waals surface area contributed by atoms with Gasteiger partial charge in [0.1, 0.15) is 11.3 Å². The Morgan fingerprint density at radius 2 is 2.12 bits per heavy atom. The number of hydrogen-bond acceptors (Lipinski definition) is 9. The van der Waals surface area contributed by atoms with Gasteiger partial charge in [0, 0.05) is 25.0 Å². The number of nitrogens with zero attached hydrogens (tertiary/aromatic N) is 5. The summed E-state index contributed by atoms with van der Waals surface area (Å²) in [4.78, 5) is 21.7. The van der Waals surface area contributed by atoms with Crippen LogP contribution in [0.3, 0.4) is 0 Å². The molecular formula is C17H20N6OS2. The molecule has 0 saturated carbocycles. The van der Waals surface area contributed by atoms with Gasteiger partial charge in [-0.3, -0.25) is 0 Å². The number of thiazole rings is 1. The third-order valence-electron chi connectivity index (χ3n) is 3.87. The highest BCUT2D eigenvalue weighted by Crippen LogP contribution is 2.34. The molecule has 3 aromatic heterocycles. The van der Waals surface area contributed by atoms with Crippen LogP contribution in [0, 0.1) is 0 Å². The van der Waals surface area contributed by atoms with E-state index < -0.39 is 0 Å². The van der Waals surface area contributed by atoms with Gasteiger partial charge in [-0.25, -0.2) is 19.9 Å². The fraction of sp³-hybridized carbons (Fsp3) is 0.412. The molecule has 3 aromatic rings. The van der Waals surface area contributed by atoms with Gasteiger partial charge in [0.25, 0.3) is 0 Å². The number of anilines is 3. The van der Waals surface area contributed by atoms with Gasteiger partial charge < -0.3 is 15.0 Å². The Balaban J connectivity index is 1.71. The number of ether oxygens (including phenoxy) is 1. The summed E-state index contributed by atoms with van der Waals surface area (Å²) in [5, 5.41) is 4.86. The maximum Gasteiger partial charge on any atom is 0.191 e. The summed E-state index contributed by atoms with van der Waals surface area (Å²) in [6.07, 6.45) is 2.85. The predicted octanol–water partition coefficient (Wildman–Crippen LogP) is 3.56. The van der Waals surface area contributed by atoms with Crippen LogP contribution in [0.4, 0.5) is 16.8 Å². The van der Waals surface area contributed by atoms with Crippen LogP contribution in [0.25, 0.3) is 10.3 Å². The second kappa shape index (κ2) is 8.15. The zero-order chi connectivity index (χ0) is 17.8. The summed E-state index contributed by atoms with van der Waals surface area (Å²) in [5.74, 6) is 2.68. The number of morpholine rings is 1. The first-order chi connectivity index (χ1) is 12.8. The summed E-state index contributed by atoms with van der Waals surface area (Å²) in [6.45, 7) is 5.24. The van der Waals surface area contributed by atoms with Crippen molar-refractivity contribution in [3.63, 3.8) is 0 Å². The zero-order valence-corrected chi connectivity index (χ0v) is 16.1. The van der Waals surface area contributed by atoms with E-state index in [1.54, 1.807) is 18.0 Å². The van der Waals surface area contributed by atoms with Crippen LogP contribution in [0.1, 0.15) is 13.3 Å². The summed E-state index contributed by atoms with van der Waals surface area (Å²) >= 11 is 3.23. The molecule has 0 aliphatic carbocycles. The SMILES string of the molecule is CCCSc1nc(N2CCOCC2)c2nc(Nc3ccccn3)sc2n1. The summed E-state index contributed by atoms with van der Waals surface area (Å²) in [5.41, 5.74) is 0.844. The molecule has 7 nitrogen and oxygen atoms in total. The number of aromatic nitrogens is 4. The van der Waals surface area contributed by atoms with Crippen LogP contribution < -0.4 is 10.2 Å². The van der Waals surface area contributed by atoms with Crippen LogP contribution >= 0.6 is 23.1 Å². The Kier molecular flexibility index (Phi) is 5.47. The zero-order valence-electron chi connectivity index (χ0n) is 14.5. The maximum absolute atomic E-state index is 5.48. The minimum atomic E-state index is 0.714. The highest BCUT2D eigenvalue weighted by molar-refractivity contribution is 7.99. The molecular weight excluding hydrogens is 368 g/mol. The molecule has 1 aliphatic heterocycles. The molecule has 26 heavy (non-hydrogen) atoms. The van der Waals surface area contributed by atoms with Crippen LogP contribution in [-0.4, -0.2) is 52.0 Å². The Morgan fingerprint density at radius 3 is 2.88 bits per heavy atom. The molecule has 0 atom stereocenters. The fourth-order valence-corrected chi connectivity index (χ4v) is 4.23. The Bertz CT molecular complexity index is 866. The van der Waals surface area contributed by atoms with Crippen molar-refractivity contribution in [3.8, 4) is 0 Å². The molecule has 136 valence electrons. The first kappa shape index (κ1) is 17.4. The Morgan fingerprint density at radius 1 is 1.23 bits per heavy atom. The number of fused-ring (bicyclic) bond motifs is 1. The quantitative estimate of drug-likeness (QED) is 0.507. The summed E-state index contributed by atoms with van der Waals surface area (Å²) in [6, 6.07) is 5.76. The second-order valence-corrected chi connectivity index (χ2v) is 7.83. The van der Waals surface area contributed by atoms with Gasteiger partial charge in [0.05, 0.1) is 13.2 Å². The third-order valence-corrected chi connectivity index (χ3v) is 5.78. The predicted molar refractivity (Wildman–Crippen MR) is 107 cm³/mol. The molecule has 4 heterocycles. The number of nitrogens with one attached hydrogen (secondary N) is 1. The third kappa shape index (κ3) is 3.89. The molecule has 1 aliphatic rings. The lowest BCUT2D eigenvalue weighted by atomic mass is 10.4. The number of hydrogen-bond donors (Lipinski definition) is 1. The highest BCUT2D eigenvalue weighted by Gasteiger charge is 2.20. The van der Waals surface area contributed by atoms with Crippen molar-refractivity contribution in [2.75, 3.05) is 42.3 Å². The molecule has 0 spiro atoms. The maximum atomic E-state index is 5.48. The average Bonchev–Trinajstić information content (AvgIpc) is 3.09. The van der Waals surface area contributed by atoms with Crippen molar-refractivity contribution in [2.45, 2.75) is 18.5 Å². The van der Waals surface area contributed by atoms with E-state index in [1.165, 1.54) is 11.3 Å². The standard InChI is InChI=1S/C17H20N6OS2/c1-2-11-25-16-21-14(23-7-9-24-10-8-23)13-15(22-16)26-17(20-13)19-12-5-3-4-6-18-12/h3-6H,2,7-11H2,1H3,(H,18,19,20). The van der Waals surface area contributed by atoms with E-state index in [9.17, 15) is 0 Å². The van der Waals surface area contributed by atoms with Crippen LogP contribution in [-0.2, 0) is 4.74 Å². The summed E-state index contributed by atoms with van der Waals surface area (Å²) in [7, 11) is 0. The second-order valence-electron chi connectivity index (χ2n) is 5.79. The van der Waals surface area contributed by atoms with Crippen molar-refractivity contribution in [1.82, 2.24) is 19.9 Å². The molecule has 0 unspecified atom stereocenters. The molecule has 0 bridgehead atoms. The van der Waals surface area contributed by atoms with Crippen molar-refractivity contribution >= 4 is 50.2 Å². The van der Waals surface area contributed by atoms with Gasteiger partial charge in [-0.05, 0) is 18.6 Å². The molecule has 1 fully saturated rings. The average molecular weight is 389 g/mol. The smallest absolute Gasteiger partial charge is 0.191 e. The van der Waals surface area contributed by atoms with E-state index >= 15 is 0 Å². The van der Waals surface area contributed by atoms with Crippen LogP contribution in [0.5, 0.6) is 0 Å². The van der Waals surface area contributed by atoms with Gasteiger partial charge in [-0.2, -0.15) is 0 Å². The minimum absolute atomic E-state index is 0.714. The van der Waals surface area contributed by atoms with E-state index in [0.717, 1.165) is 57.5 Å². The largest absolute Gasteiger partial charge is 0.378 e. The first-order valence-electron chi connectivity index (χ1n) is 8.65. The van der Waals surface area contributed by atoms with E-state index in [0.29, 0.717) is 13.2 Å². The van der Waals surface area contributed by atoms with Gasteiger partial charge >= 0.3 is 0 Å². The van der Waals surface area contributed by atoms with Crippen molar-refractivity contribution in [2.24, 2.45) is 0 Å². The van der Waals surface area contributed by atoms with Crippen LogP contribution in [0.15, 0.2) is 29.6 Å². The lowest BCUT2D eigenvalue weighted by Gasteiger charge is -2.27. The van der Waals surface area contributed by atoms with Crippen molar-refractivity contribution < 1.29 is 4.74 Å². The highest BCUT2D eigenvalue weighted by atomic mass is 32.2. The number of rotatable bonds is 6. The van der Waals surface area contributed by atoms with E-state index in [-0.39, 0.29) is 0 Å². The fourth-order valence-electron chi connectivity index (χ4n) is 2.64. The number of pyridine rings is 1. The van der Waals surface area contributed by atoms with Crippen molar-refractivity contribution in [3.05, 3.63) is 24.4 Å². The molecule has 1 saturated heterocycles.